The Bertz CT molecular complexity index is 879. The van der Waals surface area contributed by atoms with Crippen LogP contribution in [0.15, 0.2) is 67.0 Å². The first-order valence-corrected chi connectivity index (χ1v) is 8.69. The van der Waals surface area contributed by atoms with Crippen LogP contribution in [0.25, 0.3) is 0 Å². The molecule has 132 valence electrons. The van der Waals surface area contributed by atoms with Gasteiger partial charge in [-0.3, -0.25) is 9.78 Å². The van der Waals surface area contributed by atoms with E-state index in [0.29, 0.717) is 28.7 Å². The van der Waals surface area contributed by atoms with Crippen LogP contribution in [0.2, 0.25) is 10.0 Å². The van der Waals surface area contributed by atoms with Crippen LogP contribution in [0.1, 0.15) is 21.5 Å². The summed E-state index contributed by atoms with van der Waals surface area (Å²) in [4.78, 5) is 18.8. The first kappa shape index (κ1) is 18.2. The second kappa shape index (κ2) is 8.21. The standard InChI is InChI=1S/C20H16Cl2N2O2/c21-17-8-15(9-18(22)10-17)13-24(12-14-2-1-7-23-11-14)20(26)16-3-5-19(25)6-4-16/h1-11,25H,12-13H2. The maximum atomic E-state index is 13.0. The number of pyridine rings is 1. The Morgan fingerprint density at radius 2 is 1.62 bits per heavy atom. The van der Waals surface area contributed by atoms with Crippen LogP contribution in [-0.2, 0) is 13.1 Å². The molecule has 6 heteroatoms. The van der Waals surface area contributed by atoms with Gasteiger partial charge in [0.05, 0.1) is 0 Å². The Morgan fingerprint density at radius 3 is 2.23 bits per heavy atom. The van der Waals surface area contributed by atoms with Crippen molar-refractivity contribution in [1.82, 2.24) is 9.88 Å². The van der Waals surface area contributed by atoms with Crippen molar-refractivity contribution < 1.29 is 9.90 Å². The molecule has 3 aromatic rings. The molecule has 0 saturated carbocycles. The summed E-state index contributed by atoms with van der Waals surface area (Å²) in [5, 5.41) is 10.5. The fourth-order valence-corrected chi connectivity index (χ4v) is 3.19. The normalized spacial score (nSPS) is 10.5. The monoisotopic (exact) mass is 386 g/mol. The number of carbonyl (C=O) groups excluding carboxylic acids is 1. The molecule has 0 saturated heterocycles. The van der Waals surface area contributed by atoms with E-state index in [1.165, 1.54) is 12.1 Å². The van der Waals surface area contributed by atoms with Gasteiger partial charge < -0.3 is 10.0 Å². The van der Waals surface area contributed by atoms with Crippen molar-refractivity contribution in [3.05, 3.63) is 93.7 Å². The highest BCUT2D eigenvalue weighted by Crippen LogP contribution is 2.22. The molecule has 4 nitrogen and oxygen atoms in total. The first-order valence-electron chi connectivity index (χ1n) is 7.93. The van der Waals surface area contributed by atoms with Crippen molar-refractivity contribution in [2.45, 2.75) is 13.1 Å². The second-order valence-electron chi connectivity index (χ2n) is 5.85. The number of amides is 1. The number of aromatic hydroxyl groups is 1. The molecule has 0 aliphatic rings. The zero-order chi connectivity index (χ0) is 18.5. The average molecular weight is 387 g/mol. The lowest BCUT2D eigenvalue weighted by Crippen LogP contribution is -2.30. The Kier molecular flexibility index (Phi) is 5.76. The number of carbonyl (C=O) groups is 1. The fraction of sp³-hybridized carbons (Fsp3) is 0.100. The summed E-state index contributed by atoms with van der Waals surface area (Å²) < 4.78 is 0. The van der Waals surface area contributed by atoms with Gasteiger partial charge in [0.15, 0.2) is 0 Å². The Hall–Kier alpha value is -2.56. The Labute approximate surface area is 161 Å². The lowest BCUT2D eigenvalue weighted by molar-refractivity contribution is 0.0730. The van der Waals surface area contributed by atoms with E-state index < -0.39 is 0 Å². The maximum Gasteiger partial charge on any atom is 0.254 e. The molecule has 0 unspecified atom stereocenters. The summed E-state index contributed by atoms with van der Waals surface area (Å²) in [7, 11) is 0. The minimum Gasteiger partial charge on any atom is -0.508 e. The van der Waals surface area contributed by atoms with E-state index >= 15 is 0 Å². The molecule has 0 bridgehead atoms. The summed E-state index contributed by atoms with van der Waals surface area (Å²) in [6.45, 7) is 0.729. The smallest absolute Gasteiger partial charge is 0.254 e. The molecular weight excluding hydrogens is 371 g/mol. The molecule has 0 fully saturated rings. The van der Waals surface area contributed by atoms with Gasteiger partial charge in [-0.05, 0) is 59.7 Å². The number of hydrogen-bond acceptors (Lipinski definition) is 3. The Morgan fingerprint density at radius 1 is 0.962 bits per heavy atom. The molecule has 1 aromatic heterocycles. The van der Waals surface area contributed by atoms with E-state index in [9.17, 15) is 9.90 Å². The summed E-state index contributed by atoms with van der Waals surface area (Å²) in [5.74, 6) is -0.0491. The highest BCUT2D eigenvalue weighted by molar-refractivity contribution is 6.34. The van der Waals surface area contributed by atoms with Crippen molar-refractivity contribution in [1.29, 1.82) is 0 Å². The number of hydrogen-bond donors (Lipinski definition) is 1. The van der Waals surface area contributed by atoms with Crippen LogP contribution in [0.3, 0.4) is 0 Å². The van der Waals surface area contributed by atoms with Gasteiger partial charge in [0.1, 0.15) is 5.75 Å². The SMILES string of the molecule is O=C(c1ccc(O)cc1)N(Cc1cccnc1)Cc1cc(Cl)cc(Cl)c1. The van der Waals surface area contributed by atoms with Crippen molar-refractivity contribution in [3.63, 3.8) is 0 Å². The van der Waals surface area contributed by atoms with Crippen LogP contribution in [0.5, 0.6) is 5.75 Å². The van der Waals surface area contributed by atoms with Gasteiger partial charge in [0.25, 0.3) is 5.91 Å². The molecule has 1 heterocycles. The molecule has 0 aliphatic carbocycles. The molecular formula is C20H16Cl2N2O2. The van der Waals surface area contributed by atoms with Crippen LogP contribution >= 0.6 is 23.2 Å². The van der Waals surface area contributed by atoms with Crippen molar-refractivity contribution in [2.75, 3.05) is 0 Å². The number of phenolic OH excluding ortho intramolecular Hbond substituents is 1. The van der Waals surface area contributed by atoms with E-state index in [2.05, 4.69) is 4.98 Å². The fourth-order valence-electron chi connectivity index (χ4n) is 2.62. The summed E-state index contributed by atoms with van der Waals surface area (Å²) in [5.41, 5.74) is 2.23. The van der Waals surface area contributed by atoms with Crippen LogP contribution in [0, 0.1) is 0 Å². The molecule has 0 atom stereocenters. The third-order valence-electron chi connectivity index (χ3n) is 3.79. The van der Waals surface area contributed by atoms with Crippen LogP contribution in [-0.4, -0.2) is 20.9 Å². The lowest BCUT2D eigenvalue weighted by Gasteiger charge is -2.23. The largest absolute Gasteiger partial charge is 0.508 e. The van der Waals surface area contributed by atoms with Crippen molar-refractivity contribution in [3.8, 4) is 5.75 Å². The summed E-state index contributed by atoms with van der Waals surface area (Å²) in [6.07, 6.45) is 3.41. The van der Waals surface area contributed by atoms with Gasteiger partial charge in [-0.25, -0.2) is 0 Å². The molecule has 3 rings (SSSR count). The highest BCUT2D eigenvalue weighted by atomic mass is 35.5. The third-order valence-corrected chi connectivity index (χ3v) is 4.23. The van der Waals surface area contributed by atoms with Crippen molar-refractivity contribution >= 4 is 29.1 Å². The van der Waals surface area contributed by atoms with E-state index in [-0.39, 0.29) is 11.7 Å². The second-order valence-corrected chi connectivity index (χ2v) is 6.72. The van der Waals surface area contributed by atoms with Gasteiger partial charge in [-0.1, -0.05) is 29.3 Å². The van der Waals surface area contributed by atoms with Crippen LogP contribution in [0.4, 0.5) is 0 Å². The molecule has 2 aromatic carbocycles. The molecule has 26 heavy (non-hydrogen) atoms. The van der Waals surface area contributed by atoms with Gasteiger partial charge in [-0.2, -0.15) is 0 Å². The van der Waals surface area contributed by atoms with Crippen LogP contribution < -0.4 is 0 Å². The minimum atomic E-state index is -0.162. The van der Waals surface area contributed by atoms with Gasteiger partial charge in [0.2, 0.25) is 0 Å². The number of aromatic nitrogens is 1. The summed E-state index contributed by atoms with van der Waals surface area (Å²) >= 11 is 12.2. The molecule has 1 N–H and O–H groups in total. The number of halogens is 2. The van der Waals surface area contributed by atoms with Gasteiger partial charge in [0, 0.05) is 41.1 Å². The molecule has 1 amide bonds. The van der Waals surface area contributed by atoms with E-state index in [4.69, 9.17) is 23.2 Å². The minimum absolute atomic E-state index is 0.113. The Balaban J connectivity index is 1.90. The molecule has 0 radical (unpaired) electrons. The number of nitrogens with zero attached hydrogens (tertiary/aromatic N) is 2. The zero-order valence-corrected chi connectivity index (χ0v) is 15.3. The average Bonchev–Trinajstić information content (AvgIpc) is 2.61. The van der Waals surface area contributed by atoms with Gasteiger partial charge >= 0.3 is 0 Å². The topological polar surface area (TPSA) is 53.4 Å². The van der Waals surface area contributed by atoms with Gasteiger partial charge in [-0.15, -0.1) is 0 Å². The quantitative estimate of drug-likeness (QED) is 0.675. The zero-order valence-electron chi connectivity index (χ0n) is 13.8. The predicted octanol–water partition coefficient (Wildman–Crippen LogP) is 4.94. The lowest BCUT2D eigenvalue weighted by atomic mass is 10.1. The first-order chi connectivity index (χ1) is 12.5. The number of phenols is 1. The number of rotatable bonds is 5. The third kappa shape index (κ3) is 4.75. The van der Waals surface area contributed by atoms with E-state index in [1.807, 2.05) is 12.1 Å². The maximum absolute atomic E-state index is 13.0. The van der Waals surface area contributed by atoms with E-state index in [1.54, 1.807) is 47.6 Å². The molecule has 0 aliphatic heterocycles. The predicted molar refractivity (Wildman–Crippen MR) is 102 cm³/mol. The highest BCUT2D eigenvalue weighted by Gasteiger charge is 2.17. The number of benzene rings is 2. The van der Waals surface area contributed by atoms with Crippen molar-refractivity contribution in [2.24, 2.45) is 0 Å². The van der Waals surface area contributed by atoms with E-state index in [0.717, 1.165) is 11.1 Å². The molecule has 0 spiro atoms. The summed E-state index contributed by atoms with van der Waals surface area (Å²) in [6, 6.07) is 15.1.